The first kappa shape index (κ1) is 21.7. The van der Waals surface area contributed by atoms with Gasteiger partial charge in [-0.2, -0.15) is 0 Å². The van der Waals surface area contributed by atoms with Gasteiger partial charge >= 0.3 is 0 Å². The number of aliphatic imine (C=N–C) groups is 1. The van der Waals surface area contributed by atoms with E-state index in [1.54, 1.807) is 0 Å². The fourth-order valence-corrected chi connectivity index (χ4v) is 3.52. The summed E-state index contributed by atoms with van der Waals surface area (Å²) in [6, 6.07) is 0. The third-order valence-corrected chi connectivity index (χ3v) is 4.91. The van der Waals surface area contributed by atoms with Gasteiger partial charge in [0.15, 0.2) is 5.96 Å². The summed E-state index contributed by atoms with van der Waals surface area (Å²) in [5.74, 6) is 1.94. The van der Waals surface area contributed by atoms with Crippen LogP contribution in [-0.2, 0) is 4.74 Å². The van der Waals surface area contributed by atoms with E-state index in [4.69, 9.17) is 9.73 Å². The largest absolute Gasteiger partial charge is 0.377 e. The Hall–Kier alpha value is -0.300. The zero-order valence-corrected chi connectivity index (χ0v) is 17.6. The molecular weight excluding hydrogens is 413 g/mol. The fraction of sp³-hybridized carbons (Fsp3) is 0.842. The molecule has 0 aromatic rings. The van der Waals surface area contributed by atoms with Crippen molar-refractivity contribution in [2.24, 2.45) is 10.9 Å². The van der Waals surface area contributed by atoms with Crippen molar-refractivity contribution in [3.05, 3.63) is 11.6 Å². The molecule has 0 aromatic heterocycles. The van der Waals surface area contributed by atoms with Gasteiger partial charge in [-0.15, -0.1) is 24.0 Å². The van der Waals surface area contributed by atoms with E-state index in [0.717, 1.165) is 57.6 Å². The average Bonchev–Trinajstić information content (AvgIpc) is 2.60. The van der Waals surface area contributed by atoms with Crippen LogP contribution in [0, 0.1) is 5.92 Å². The second-order valence-corrected chi connectivity index (χ2v) is 6.77. The number of rotatable bonds is 8. The molecule has 24 heavy (non-hydrogen) atoms. The van der Waals surface area contributed by atoms with E-state index in [9.17, 15) is 0 Å². The van der Waals surface area contributed by atoms with Gasteiger partial charge in [-0.3, -0.25) is 4.99 Å². The normalized spacial score (nSPS) is 19.4. The Morgan fingerprint density at radius 1 is 1.25 bits per heavy atom. The van der Waals surface area contributed by atoms with Gasteiger partial charge in [-0.05, 0) is 38.5 Å². The van der Waals surface area contributed by atoms with Crippen LogP contribution in [0.1, 0.15) is 64.7 Å². The van der Waals surface area contributed by atoms with Gasteiger partial charge in [0, 0.05) is 19.6 Å². The maximum Gasteiger partial charge on any atom is 0.191 e. The molecule has 0 aromatic carbocycles. The zero-order chi connectivity index (χ0) is 16.2. The summed E-state index contributed by atoms with van der Waals surface area (Å²) in [5.41, 5.74) is 1.51. The van der Waals surface area contributed by atoms with Crippen molar-refractivity contribution in [2.75, 3.05) is 32.8 Å². The van der Waals surface area contributed by atoms with E-state index in [2.05, 4.69) is 23.6 Å². The number of guanidine groups is 1. The molecule has 0 unspecified atom stereocenters. The topological polar surface area (TPSA) is 45.7 Å². The van der Waals surface area contributed by atoms with E-state index < -0.39 is 0 Å². The molecule has 5 heteroatoms. The Kier molecular flexibility index (Phi) is 12.6. The molecule has 1 heterocycles. The number of ether oxygens (including phenoxy) is 1. The second-order valence-electron chi connectivity index (χ2n) is 6.77. The first-order valence-corrected chi connectivity index (χ1v) is 9.66. The Morgan fingerprint density at radius 3 is 2.79 bits per heavy atom. The molecular formula is C19H36IN3O. The van der Waals surface area contributed by atoms with Crippen LogP contribution < -0.4 is 10.6 Å². The van der Waals surface area contributed by atoms with E-state index in [0.29, 0.717) is 0 Å². The zero-order valence-electron chi connectivity index (χ0n) is 15.3. The van der Waals surface area contributed by atoms with Gasteiger partial charge < -0.3 is 15.4 Å². The van der Waals surface area contributed by atoms with Gasteiger partial charge in [0.05, 0.1) is 13.2 Å². The lowest BCUT2D eigenvalue weighted by atomic mass is 9.86. The number of hydrogen-bond acceptors (Lipinski definition) is 2. The fourth-order valence-electron chi connectivity index (χ4n) is 3.52. The Bertz CT molecular complexity index is 379. The van der Waals surface area contributed by atoms with Crippen molar-refractivity contribution >= 4 is 29.9 Å². The molecule has 4 nitrogen and oxygen atoms in total. The summed E-state index contributed by atoms with van der Waals surface area (Å²) in [5, 5.41) is 6.82. The standard InChI is InChI=1S/C19H35N3O.HI/c1-2-20-19(22-14-10-18-11-15-23-16-12-18)21-13-6-9-17-7-4-3-5-8-17;/h11,17H,2-10,12-16H2,1H3,(H2,20,21,22);1H. The molecule has 0 amide bonds. The average molecular weight is 449 g/mol. The number of halogens is 1. The number of hydrogen-bond donors (Lipinski definition) is 2. The van der Waals surface area contributed by atoms with Crippen LogP contribution in [0.4, 0.5) is 0 Å². The van der Waals surface area contributed by atoms with Gasteiger partial charge in [-0.1, -0.05) is 43.8 Å². The lowest BCUT2D eigenvalue weighted by Crippen LogP contribution is -2.38. The van der Waals surface area contributed by atoms with Crippen LogP contribution >= 0.6 is 24.0 Å². The molecule has 0 atom stereocenters. The first-order valence-electron chi connectivity index (χ1n) is 9.66. The van der Waals surface area contributed by atoms with Gasteiger partial charge in [0.25, 0.3) is 0 Å². The molecule has 0 spiro atoms. The smallest absolute Gasteiger partial charge is 0.191 e. The highest BCUT2D eigenvalue weighted by atomic mass is 127. The molecule has 0 bridgehead atoms. The van der Waals surface area contributed by atoms with Crippen LogP contribution in [0.2, 0.25) is 0 Å². The minimum Gasteiger partial charge on any atom is -0.377 e. The third-order valence-electron chi connectivity index (χ3n) is 4.91. The van der Waals surface area contributed by atoms with Crippen molar-refractivity contribution in [1.29, 1.82) is 0 Å². The predicted molar refractivity (Wildman–Crippen MR) is 113 cm³/mol. The molecule has 140 valence electrons. The van der Waals surface area contributed by atoms with E-state index >= 15 is 0 Å². The molecule has 1 saturated carbocycles. The predicted octanol–water partition coefficient (Wildman–Crippen LogP) is 4.26. The summed E-state index contributed by atoms with van der Waals surface area (Å²) in [6.07, 6.45) is 14.2. The van der Waals surface area contributed by atoms with Gasteiger partial charge in [0.2, 0.25) is 0 Å². The molecule has 1 aliphatic heterocycles. The quantitative estimate of drug-likeness (QED) is 0.191. The van der Waals surface area contributed by atoms with Crippen LogP contribution in [0.15, 0.2) is 16.6 Å². The number of nitrogens with zero attached hydrogens (tertiary/aromatic N) is 1. The van der Waals surface area contributed by atoms with Crippen LogP contribution in [-0.4, -0.2) is 38.8 Å². The molecule has 1 fully saturated rings. The molecule has 2 N–H and O–H groups in total. The van der Waals surface area contributed by atoms with Crippen molar-refractivity contribution in [3.8, 4) is 0 Å². The molecule has 1 aliphatic carbocycles. The third kappa shape index (κ3) is 9.25. The van der Waals surface area contributed by atoms with E-state index in [1.807, 2.05) is 0 Å². The molecule has 0 saturated heterocycles. The monoisotopic (exact) mass is 449 g/mol. The molecule has 2 aliphatic rings. The van der Waals surface area contributed by atoms with Crippen LogP contribution in [0.5, 0.6) is 0 Å². The summed E-state index contributed by atoms with van der Waals surface area (Å²) in [4.78, 5) is 4.73. The number of nitrogens with one attached hydrogen (secondary N) is 2. The highest BCUT2D eigenvalue weighted by Crippen LogP contribution is 2.27. The van der Waals surface area contributed by atoms with Crippen molar-refractivity contribution in [3.63, 3.8) is 0 Å². The van der Waals surface area contributed by atoms with E-state index in [-0.39, 0.29) is 24.0 Å². The molecule has 2 rings (SSSR count). The maximum atomic E-state index is 5.35. The summed E-state index contributed by atoms with van der Waals surface area (Å²) >= 11 is 0. The van der Waals surface area contributed by atoms with Crippen LogP contribution in [0.25, 0.3) is 0 Å². The lowest BCUT2D eigenvalue weighted by Gasteiger charge is -2.21. The van der Waals surface area contributed by atoms with Gasteiger partial charge in [-0.25, -0.2) is 0 Å². The minimum atomic E-state index is 0. The summed E-state index contributed by atoms with van der Waals surface area (Å²) in [6.45, 7) is 6.61. The van der Waals surface area contributed by atoms with Gasteiger partial charge in [0.1, 0.15) is 0 Å². The lowest BCUT2D eigenvalue weighted by molar-refractivity contribution is 0.153. The minimum absolute atomic E-state index is 0. The maximum absolute atomic E-state index is 5.35. The van der Waals surface area contributed by atoms with Crippen molar-refractivity contribution in [1.82, 2.24) is 10.6 Å². The van der Waals surface area contributed by atoms with Crippen LogP contribution in [0.3, 0.4) is 0 Å². The van der Waals surface area contributed by atoms with Crippen molar-refractivity contribution < 1.29 is 4.74 Å². The Balaban J connectivity index is 0.00000288. The summed E-state index contributed by atoms with van der Waals surface area (Å²) in [7, 11) is 0. The SMILES string of the molecule is CCNC(=NCCCC1CCCCC1)NCCC1=CCOCC1.I. The first-order chi connectivity index (χ1) is 11.4. The summed E-state index contributed by atoms with van der Waals surface area (Å²) < 4.78 is 5.35. The Labute approximate surface area is 165 Å². The highest BCUT2D eigenvalue weighted by Gasteiger charge is 2.12. The second kappa shape index (κ2) is 13.9. The Morgan fingerprint density at radius 2 is 2.08 bits per heavy atom. The molecule has 0 radical (unpaired) electrons. The van der Waals surface area contributed by atoms with E-state index in [1.165, 1.54) is 50.5 Å². The van der Waals surface area contributed by atoms with Crippen molar-refractivity contribution in [2.45, 2.75) is 64.7 Å². The highest BCUT2D eigenvalue weighted by molar-refractivity contribution is 14.0.